The van der Waals surface area contributed by atoms with Crippen LogP contribution in [-0.4, -0.2) is 28.8 Å². The molecule has 6 heteroatoms. The lowest BCUT2D eigenvalue weighted by molar-refractivity contribution is -0.119. The quantitative estimate of drug-likeness (QED) is 0.906. The van der Waals surface area contributed by atoms with Crippen molar-refractivity contribution < 1.29 is 9.18 Å². The highest BCUT2D eigenvalue weighted by Gasteiger charge is 2.23. The van der Waals surface area contributed by atoms with Crippen LogP contribution in [0, 0.1) is 18.7 Å². The van der Waals surface area contributed by atoms with E-state index < -0.39 is 0 Å². The monoisotopic (exact) mass is 288 g/mol. The van der Waals surface area contributed by atoms with Crippen LogP contribution in [0.15, 0.2) is 30.5 Å². The maximum absolute atomic E-state index is 13.8. The molecule has 0 radical (unpaired) electrons. The Labute approximate surface area is 122 Å². The summed E-state index contributed by atoms with van der Waals surface area (Å²) in [5, 5.41) is 10.2. The van der Waals surface area contributed by atoms with Gasteiger partial charge in [-0.25, -0.2) is 9.07 Å². The number of para-hydroxylation sites is 1. The Morgan fingerprint density at radius 2 is 2.29 bits per heavy atom. The normalized spacial score (nSPS) is 17.9. The van der Waals surface area contributed by atoms with Gasteiger partial charge in [0.05, 0.1) is 23.5 Å². The first-order valence-corrected chi connectivity index (χ1v) is 6.98. The number of carbonyl (C=O) groups is 1. The van der Waals surface area contributed by atoms with Crippen LogP contribution in [0.4, 0.5) is 10.1 Å². The maximum atomic E-state index is 13.8. The number of amides is 1. The zero-order valence-electron chi connectivity index (χ0n) is 11.8. The largest absolute Gasteiger partial charge is 0.323 e. The van der Waals surface area contributed by atoms with E-state index in [0.29, 0.717) is 23.6 Å². The van der Waals surface area contributed by atoms with E-state index in [2.05, 4.69) is 15.7 Å². The molecule has 0 spiro atoms. The molecule has 1 aromatic carbocycles. The van der Waals surface area contributed by atoms with Crippen molar-refractivity contribution >= 4 is 11.6 Å². The minimum absolute atomic E-state index is 0.0128. The van der Waals surface area contributed by atoms with Crippen LogP contribution >= 0.6 is 0 Å². The molecule has 110 valence electrons. The predicted octanol–water partition coefficient (Wildman–Crippen LogP) is 1.87. The standard InChI is InChI=1S/C15H17FN4O/c1-10-13(19-15(21)11-6-7-17-8-11)9-18-20(10)14-5-3-2-4-12(14)16/h2-5,9,11,17H,6-8H2,1H3,(H,19,21)/t11-/m1/s1. The first-order valence-electron chi connectivity index (χ1n) is 6.98. The van der Waals surface area contributed by atoms with Crippen molar-refractivity contribution in [3.05, 3.63) is 42.0 Å². The fourth-order valence-electron chi connectivity index (χ4n) is 2.51. The third kappa shape index (κ3) is 2.67. The molecule has 1 aliphatic rings. The number of halogens is 1. The number of anilines is 1. The molecule has 3 rings (SSSR count). The second kappa shape index (κ2) is 5.65. The molecule has 2 N–H and O–H groups in total. The third-order valence-corrected chi connectivity index (χ3v) is 3.78. The molecular formula is C15H17FN4O. The van der Waals surface area contributed by atoms with Crippen molar-refractivity contribution in [3.8, 4) is 5.69 Å². The lowest BCUT2D eigenvalue weighted by atomic mass is 10.1. The van der Waals surface area contributed by atoms with Gasteiger partial charge in [0.1, 0.15) is 11.5 Å². The van der Waals surface area contributed by atoms with Crippen LogP contribution in [0.5, 0.6) is 0 Å². The van der Waals surface area contributed by atoms with Crippen LogP contribution in [0.25, 0.3) is 5.69 Å². The molecular weight excluding hydrogens is 271 g/mol. The molecule has 21 heavy (non-hydrogen) atoms. The van der Waals surface area contributed by atoms with Crippen molar-refractivity contribution in [2.45, 2.75) is 13.3 Å². The highest BCUT2D eigenvalue weighted by atomic mass is 19.1. The van der Waals surface area contributed by atoms with Gasteiger partial charge in [-0.05, 0) is 32.0 Å². The molecule has 1 aromatic heterocycles. The smallest absolute Gasteiger partial charge is 0.228 e. The summed E-state index contributed by atoms with van der Waals surface area (Å²) in [6.45, 7) is 3.37. The number of nitrogens with zero attached hydrogens (tertiary/aromatic N) is 2. The van der Waals surface area contributed by atoms with Gasteiger partial charge in [-0.3, -0.25) is 4.79 Å². The van der Waals surface area contributed by atoms with E-state index in [1.807, 2.05) is 6.92 Å². The molecule has 0 aliphatic carbocycles. The number of benzene rings is 1. The Hall–Kier alpha value is -2.21. The van der Waals surface area contributed by atoms with Crippen molar-refractivity contribution in [3.63, 3.8) is 0 Å². The summed E-state index contributed by atoms with van der Waals surface area (Å²) >= 11 is 0. The number of nitrogens with one attached hydrogen (secondary N) is 2. The van der Waals surface area contributed by atoms with Crippen molar-refractivity contribution in [1.29, 1.82) is 0 Å². The molecule has 1 atom stereocenters. The van der Waals surface area contributed by atoms with Crippen LogP contribution in [-0.2, 0) is 4.79 Å². The van der Waals surface area contributed by atoms with E-state index in [1.165, 1.54) is 10.7 Å². The first kappa shape index (κ1) is 13.8. The van der Waals surface area contributed by atoms with Gasteiger partial charge < -0.3 is 10.6 Å². The van der Waals surface area contributed by atoms with Gasteiger partial charge in [0.2, 0.25) is 5.91 Å². The lowest BCUT2D eigenvalue weighted by Gasteiger charge is -2.10. The Bertz CT molecular complexity index is 661. The molecule has 2 heterocycles. The summed E-state index contributed by atoms with van der Waals surface area (Å²) in [5.41, 5.74) is 1.70. The SMILES string of the molecule is Cc1c(NC(=O)[C@@H]2CCNC2)cnn1-c1ccccc1F. The summed E-state index contributed by atoms with van der Waals surface area (Å²) in [7, 11) is 0. The Morgan fingerprint density at radius 3 is 3.00 bits per heavy atom. The summed E-state index contributed by atoms with van der Waals surface area (Å²) in [5.74, 6) is -0.376. The molecule has 1 amide bonds. The van der Waals surface area contributed by atoms with Crippen molar-refractivity contribution in [1.82, 2.24) is 15.1 Å². The molecule has 1 aliphatic heterocycles. The van der Waals surface area contributed by atoms with E-state index in [0.717, 1.165) is 13.0 Å². The van der Waals surface area contributed by atoms with Gasteiger partial charge in [-0.15, -0.1) is 0 Å². The zero-order valence-corrected chi connectivity index (χ0v) is 11.8. The van der Waals surface area contributed by atoms with Gasteiger partial charge in [-0.1, -0.05) is 12.1 Å². The fourth-order valence-corrected chi connectivity index (χ4v) is 2.51. The van der Waals surface area contributed by atoms with E-state index in [4.69, 9.17) is 0 Å². The van der Waals surface area contributed by atoms with E-state index in [1.54, 1.807) is 24.4 Å². The second-order valence-corrected chi connectivity index (χ2v) is 5.19. The van der Waals surface area contributed by atoms with E-state index >= 15 is 0 Å². The summed E-state index contributed by atoms with van der Waals surface area (Å²) in [4.78, 5) is 12.1. The van der Waals surface area contributed by atoms with Crippen molar-refractivity contribution in [2.75, 3.05) is 18.4 Å². The molecule has 0 bridgehead atoms. The minimum Gasteiger partial charge on any atom is -0.323 e. The highest BCUT2D eigenvalue weighted by Crippen LogP contribution is 2.21. The third-order valence-electron chi connectivity index (χ3n) is 3.78. The summed E-state index contributed by atoms with van der Waals surface area (Å²) in [6, 6.07) is 6.43. The van der Waals surface area contributed by atoms with Crippen LogP contribution in [0.3, 0.4) is 0 Å². The van der Waals surface area contributed by atoms with Crippen LogP contribution in [0.2, 0.25) is 0 Å². The topological polar surface area (TPSA) is 59.0 Å². The summed E-state index contributed by atoms with van der Waals surface area (Å²) in [6.07, 6.45) is 2.40. The van der Waals surface area contributed by atoms with Gasteiger partial charge in [-0.2, -0.15) is 5.10 Å². The Balaban J connectivity index is 1.82. The number of rotatable bonds is 3. The maximum Gasteiger partial charge on any atom is 0.228 e. The fraction of sp³-hybridized carbons (Fsp3) is 0.333. The van der Waals surface area contributed by atoms with E-state index in [-0.39, 0.29) is 17.6 Å². The van der Waals surface area contributed by atoms with Crippen LogP contribution in [0.1, 0.15) is 12.1 Å². The summed E-state index contributed by atoms with van der Waals surface area (Å²) < 4.78 is 15.3. The Morgan fingerprint density at radius 1 is 1.48 bits per heavy atom. The van der Waals surface area contributed by atoms with Gasteiger partial charge in [0, 0.05) is 6.54 Å². The minimum atomic E-state index is -0.346. The molecule has 1 fully saturated rings. The predicted molar refractivity (Wildman–Crippen MR) is 77.9 cm³/mol. The molecule has 1 saturated heterocycles. The van der Waals surface area contributed by atoms with Gasteiger partial charge in [0.25, 0.3) is 0 Å². The molecule has 2 aromatic rings. The molecule has 0 saturated carbocycles. The first-order chi connectivity index (χ1) is 10.2. The van der Waals surface area contributed by atoms with Crippen LogP contribution < -0.4 is 10.6 Å². The van der Waals surface area contributed by atoms with Gasteiger partial charge >= 0.3 is 0 Å². The molecule has 5 nitrogen and oxygen atoms in total. The van der Waals surface area contributed by atoms with Crippen molar-refractivity contribution in [2.24, 2.45) is 5.92 Å². The average Bonchev–Trinajstić information content (AvgIpc) is 3.11. The zero-order chi connectivity index (χ0) is 14.8. The lowest BCUT2D eigenvalue weighted by Crippen LogP contribution is -2.24. The Kier molecular flexibility index (Phi) is 3.70. The highest BCUT2D eigenvalue weighted by molar-refractivity contribution is 5.93. The second-order valence-electron chi connectivity index (χ2n) is 5.19. The van der Waals surface area contributed by atoms with Gasteiger partial charge in [0.15, 0.2) is 0 Å². The number of hydrogen-bond donors (Lipinski definition) is 2. The average molecular weight is 288 g/mol. The molecule has 0 unspecified atom stereocenters. The number of aromatic nitrogens is 2. The van der Waals surface area contributed by atoms with E-state index in [9.17, 15) is 9.18 Å². The number of hydrogen-bond acceptors (Lipinski definition) is 3. The number of carbonyl (C=O) groups excluding carboxylic acids is 1.